The Balaban J connectivity index is 4.94. The Hall–Kier alpha value is -0.300. The van der Waals surface area contributed by atoms with E-state index in [1.807, 2.05) is 0 Å². The van der Waals surface area contributed by atoms with Gasteiger partial charge in [0.2, 0.25) is 10.0 Å². The lowest BCUT2D eigenvalue weighted by Crippen LogP contribution is -2.45. The Morgan fingerprint density at radius 2 is 1.79 bits per heavy atom. The van der Waals surface area contributed by atoms with E-state index in [1.165, 1.54) is 6.92 Å². The van der Waals surface area contributed by atoms with Gasteiger partial charge in [-0.05, 0) is 12.3 Å². The summed E-state index contributed by atoms with van der Waals surface area (Å²) in [6.45, 7) is 2.93. The van der Waals surface area contributed by atoms with Gasteiger partial charge in [-0.1, -0.05) is 20.3 Å². The molecule has 0 aliphatic heterocycles. The van der Waals surface area contributed by atoms with Crippen LogP contribution in [0.2, 0.25) is 0 Å². The highest BCUT2D eigenvalue weighted by atomic mass is 32.2. The largest absolute Gasteiger partial charge is 0.407 e. The molecule has 0 amide bonds. The fourth-order valence-electron chi connectivity index (χ4n) is 1.44. The van der Waals surface area contributed by atoms with Gasteiger partial charge in [0, 0.05) is 0 Å². The van der Waals surface area contributed by atoms with Gasteiger partial charge in [-0.2, -0.15) is 13.2 Å². The molecule has 0 saturated carbocycles. The number of rotatable bonds is 4. The van der Waals surface area contributed by atoms with E-state index in [2.05, 4.69) is 5.14 Å². The van der Waals surface area contributed by atoms with Gasteiger partial charge in [-0.25, -0.2) is 13.6 Å². The molecule has 86 valence electrons. The predicted octanol–water partition coefficient (Wildman–Crippen LogP) is 1.64. The predicted molar refractivity (Wildman–Crippen MR) is 47.0 cm³/mol. The van der Waals surface area contributed by atoms with Crippen molar-refractivity contribution >= 4 is 10.0 Å². The molecule has 14 heavy (non-hydrogen) atoms. The van der Waals surface area contributed by atoms with Crippen LogP contribution in [0, 0.1) is 5.92 Å². The summed E-state index contributed by atoms with van der Waals surface area (Å²) in [4.78, 5) is 0. The van der Waals surface area contributed by atoms with Crippen LogP contribution in [0.3, 0.4) is 0 Å². The van der Waals surface area contributed by atoms with Gasteiger partial charge < -0.3 is 0 Å². The lowest BCUT2D eigenvalue weighted by Gasteiger charge is -2.23. The van der Waals surface area contributed by atoms with E-state index in [4.69, 9.17) is 0 Å². The Morgan fingerprint density at radius 1 is 1.36 bits per heavy atom. The first-order valence-corrected chi connectivity index (χ1v) is 5.80. The van der Waals surface area contributed by atoms with Crippen LogP contribution in [0.4, 0.5) is 13.2 Å². The Morgan fingerprint density at radius 3 is 2.00 bits per heavy atom. The summed E-state index contributed by atoms with van der Waals surface area (Å²) < 4.78 is 58.5. The van der Waals surface area contributed by atoms with E-state index in [9.17, 15) is 21.6 Å². The van der Waals surface area contributed by atoms with Crippen molar-refractivity contribution < 1.29 is 21.6 Å². The van der Waals surface area contributed by atoms with Gasteiger partial charge in [-0.3, -0.25) is 0 Å². The number of hydrogen-bond acceptors (Lipinski definition) is 2. The molecule has 0 aromatic rings. The van der Waals surface area contributed by atoms with E-state index in [0.717, 1.165) is 0 Å². The van der Waals surface area contributed by atoms with Crippen LogP contribution in [0.1, 0.15) is 26.7 Å². The smallest absolute Gasteiger partial charge is 0.228 e. The van der Waals surface area contributed by atoms with Crippen LogP contribution in [0.5, 0.6) is 0 Å². The normalized spacial score (nSPS) is 17.9. The van der Waals surface area contributed by atoms with E-state index in [-0.39, 0.29) is 6.42 Å². The van der Waals surface area contributed by atoms with E-state index >= 15 is 0 Å². The molecule has 3 nitrogen and oxygen atoms in total. The zero-order valence-corrected chi connectivity index (χ0v) is 8.82. The highest BCUT2D eigenvalue weighted by molar-refractivity contribution is 7.89. The molecular formula is C7H14F3NO2S. The Kier molecular flexibility index (Phi) is 4.38. The summed E-state index contributed by atoms with van der Waals surface area (Å²) in [6.07, 6.45) is -4.12. The summed E-state index contributed by atoms with van der Waals surface area (Å²) in [7, 11) is -4.57. The maximum atomic E-state index is 12.3. The minimum absolute atomic E-state index is 0.181. The number of hydrogen-bond donors (Lipinski definition) is 1. The van der Waals surface area contributed by atoms with E-state index in [1.54, 1.807) is 6.92 Å². The van der Waals surface area contributed by atoms with Crippen molar-refractivity contribution in [3.05, 3.63) is 0 Å². The first-order chi connectivity index (χ1) is 6.10. The molecule has 0 saturated heterocycles. The average molecular weight is 233 g/mol. The molecule has 0 spiro atoms. The standard InChI is InChI=1S/C7H14F3NO2S/c1-3-4-5(2)6(7(8,9)10)14(11,12)13/h5-6H,3-4H2,1-2H3,(H2,11,12,13). The molecule has 2 N–H and O–H groups in total. The molecule has 0 heterocycles. The van der Waals surface area contributed by atoms with Gasteiger partial charge in [0.1, 0.15) is 0 Å². The zero-order chi connectivity index (χ0) is 11.6. The van der Waals surface area contributed by atoms with Crippen molar-refractivity contribution in [2.75, 3.05) is 0 Å². The summed E-state index contributed by atoms with van der Waals surface area (Å²) in [5.74, 6) is -1.00. The molecule has 0 aromatic heterocycles. The third-order valence-electron chi connectivity index (χ3n) is 1.94. The molecule has 0 aliphatic rings. The second-order valence-electron chi connectivity index (χ2n) is 3.32. The van der Waals surface area contributed by atoms with Crippen molar-refractivity contribution in [3.63, 3.8) is 0 Å². The maximum Gasteiger partial charge on any atom is 0.407 e. The van der Waals surface area contributed by atoms with Crippen molar-refractivity contribution in [1.82, 2.24) is 0 Å². The summed E-state index contributed by atoms with van der Waals surface area (Å²) in [5.41, 5.74) is 0. The molecule has 0 fully saturated rings. The molecule has 0 radical (unpaired) electrons. The van der Waals surface area contributed by atoms with Crippen molar-refractivity contribution in [3.8, 4) is 0 Å². The Bertz CT molecular complexity index is 273. The van der Waals surface area contributed by atoms with Gasteiger partial charge in [0.05, 0.1) is 0 Å². The molecule has 0 bridgehead atoms. The highest BCUT2D eigenvalue weighted by Gasteiger charge is 2.49. The SMILES string of the molecule is CCCC(C)C(C(F)(F)F)S(N)(=O)=O. The van der Waals surface area contributed by atoms with Crippen LogP contribution >= 0.6 is 0 Å². The first-order valence-electron chi connectivity index (χ1n) is 4.19. The number of nitrogens with two attached hydrogens (primary N) is 1. The minimum Gasteiger partial charge on any atom is -0.228 e. The molecule has 2 atom stereocenters. The van der Waals surface area contributed by atoms with E-state index in [0.29, 0.717) is 6.42 Å². The average Bonchev–Trinajstić information content (AvgIpc) is 1.78. The molecule has 7 heteroatoms. The van der Waals surface area contributed by atoms with Crippen LogP contribution in [0.15, 0.2) is 0 Å². The number of sulfonamides is 1. The topological polar surface area (TPSA) is 60.2 Å². The minimum atomic E-state index is -4.79. The quantitative estimate of drug-likeness (QED) is 0.802. The molecule has 0 aromatic carbocycles. The third-order valence-corrected chi connectivity index (χ3v) is 3.38. The van der Waals surface area contributed by atoms with Gasteiger partial charge >= 0.3 is 6.18 Å². The molecule has 0 rings (SSSR count). The van der Waals surface area contributed by atoms with Gasteiger partial charge in [0.25, 0.3) is 0 Å². The zero-order valence-electron chi connectivity index (χ0n) is 8.00. The molecule has 0 aliphatic carbocycles. The maximum absolute atomic E-state index is 12.3. The fourth-order valence-corrected chi connectivity index (χ4v) is 2.60. The molecule has 2 unspecified atom stereocenters. The van der Waals surface area contributed by atoms with Crippen LogP contribution in [0.25, 0.3) is 0 Å². The van der Waals surface area contributed by atoms with Gasteiger partial charge in [-0.15, -0.1) is 0 Å². The highest BCUT2D eigenvalue weighted by Crippen LogP contribution is 2.32. The third kappa shape index (κ3) is 3.83. The second kappa shape index (κ2) is 4.48. The van der Waals surface area contributed by atoms with Gasteiger partial charge in [0.15, 0.2) is 5.25 Å². The monoisotopic (exact) mass is 233 g/mol. The summed E-state index contributed by atoms with van der Waals surface area (Å²) >= 11 is 0. The Labute approximate surface area is 81.5 Å². The van der Waals surface area contributed by atoms with Crippen molar-refractivity contribution in [1.29, 1.82) is 0 Å². The van der Waals surface area contributed by atoms with E-state index < -0.39 is 27.4 Å². The summed E-state index contributed by atoms with van der Waals surface area (Å²) in [5, 5.41) is 2.10. The number of primary sulfonamides is 1. The van der Waals surface area contributed by atoms with Crippen molar-refractivity contribution in [2.45, 2.75) is 38.1 Å². The lowest BCUT2D eigenvalue weighted by atomic mass is 10.0. The summed E-state index contributed by atoms with van der Waals surface area (Å²) in [6, 6.07) is 0. The molecular weight excluding hydrogens is 219 g/mol. The van der Waals surface area contributed by atoms with Crippen molar-refractivity contribution in [2.24, 2.45) is 11.1 Å². The number of halogens is 3. The van der Waals surface area contributed by atoms with Crippen LogP contribution in [-0.4, -0.2) is 19.8 Å². The second-order valence-corrected chi connectivity index (χ2v) is 5.00. The first kappa shape index (κ1) is 13.7. The fraction of sp³-hybridized carbons (Fsp3) is 1.00. The van der Waals surface area contributed by atoms with Crippen LogP contribution in [-0.2, 0) is 10.0 Å². The lowest BCUT2D eigenvalue weighted by molar-refractivity contribution is -0.139. The number of alkyl halides is 3. The van der Waals surface area contributed by atoms with Crippen LogP contribution < -0.4 is 5.14 Å².